The highest BCUT2D eigenvalue weighted by Crippen LogP contribution is 2.36. The van der Waals surface area contributed by atoms with Crippen molar-refractivity contribution in [2.75, 3.05) is 21.3 Å². The fourth-order valence-electron chi connectivity index (χ4n) is 2.35. The van der Waals surface area contributed by atoms with E-state index >= 15 is 0 Å². The summed E-state index contributed by atoms with van der Waals surface area (Å²) in [5.41, 5.74) is 1.15. The van der Waals surface area contributed by atoms with Gasteiger partial charge in [0, 0.05) is 12.5 Å². The van der Waals surface area contributed by atoms with E-state index in [1.54, 1.807) is 18.8 Å². The van der Waals surface area contributed by atoms with Gasteiger partial charge in [0.15, 0.2) is 11.4 Å². The second-order valence-corrected chi connectivity index (χ2v) is 5.06. The molecule has 0 aliphatic heterocycles. The summed E-state index contributed by atoms with van der Waals surface area (Å²) in [5.74, 6) is 0.697. The number of carbonyl (C=O) groups excluding carboxylic acids is 1. The minimum Gasteiger partial charge on any atom is -0.497 e. The highest BCUT2D eigenvalue weighted by molar-refractivity contribution is 6.02. The number of fused-ring (bicyclic) bond motifs is 1. The van der Waals surface area contributed by atoms with Gasteiger partial charge in [0.2, 0.25) is 0 Å². The lowest BCUT2D eigenvalue weighted by atomic mass is 10.2. The van der Waals surface area contributed by atoms with Crippen LogP contribution in [0.25, 0.3) is 10.9 Å². The summed E-state index contributed by atoms with van der Waals surface area (Å²) in [4.78, 5) is 12.2. The van der Waals surface area contributed by atoms with Crippen LogP contribution in [0, 0.1) is 0 Å². The lowest BCUT2D eigenvalue weighted by molar-refractivity contribution is 0.0561. The SMILES string of the molecule is COCn1c(C(=O)OC)c(OC(C)C)c2cc(OC)ccc21. The van der Waals surface area contributed by atoms with Crippen LogP contribution in [0.2, 0.25) is 0 Å². The number of ether oxygens (including phenoxy) is 4. The van der Waals surface area contributed by atoms with Crippen molar-refractivity contribution >= 4 is 16.9 Å². The van der Waals surface area contributed by atoms with Gasteiger partial charge in [0.25, 0.3) is 0 Å². The molecule has 2 rings (SSSR count). The largest absolute Gasteiger partial charge is 0.497 e. The number of hydrogen-bond donors (Lipinski definition) is 0. The Morgan fingerprint density at radius 2 is 1.95 bits per heavy atom. The zero-order chi connectivity index (χ0) is 16.3. The van der Waals surface area contributed by atoms with Gasteiger partial charge in [-0.15, -0.1) is 0 Å². The Balaban J connectivity index is 2.78. The van der Waals surface area contributed by atoms with Gasteiger partial charge < -0.3 is 23.5 Å². The Morgan fingerprint density at radius 1 is 1.23 bits per heavy atom. The van der Waals surface area contributed by atoms with E-state index in [0.717, 1.165) is 10.9 Å². The highest BCUT2D eigenvalue weighted by Gasteiger charge is 2.26. The first-order valence-electron chi connectivity index (χ1n) is 6.97. The Bertz CT molecular complexity index is 675. The second-order valence-electron chi connectivity index (χ2n) is 5.06. The summed E-state index contributed by atoms with van der Waals surface area (Å²) in [6, 6.07) is 5.53. The van der Waals surface area contributed by atoms with Gasteiger partial charge in [-0.2, -0.15) is 0 Å². The Hall–Kier alpha value is -2.21. The van der Waals surface area contributed by atoms with Crippen LogP contribution >= 0.6 is 0 Å². The number of nitrogens with zero attached hydrogens (tertiary/aromatic N) is 1. The predicted molar refractivity (Wildman–Crippen MR) is 82.6 cm³/mol. The first-order chi connectivity index (χ1) is 10.5. The molecule has 0 fully saturated rings. The molecule has 0 aliphatic carbocycles. The lowest BCUT2D eigenvalue weighted by Crippen LogP contribution is -2.15. The quantitative estimate of drug-likeness (QED) is 0.768. The van der Waals surface area contributed by atoms with E-state index < -0.39 is 5.97 Å². The van der Waals surface area contributed by atoms with Gasteiger partial charge in [0.1, 0.15) is 12.5 Å². The molecule has 0 radical (unpaired) electrons. The summed E-state index contributed by atoms with van der Waals surface area (Å²) >= 11 is 0. The molecule has 0 saturated heterocycles. The molecule has 1 aromatic carbocycles. The van der Waals surface area contributed by atoms with Gasteiger partial charge in [-0.05, 0) is 32.0 Å². The standard InChI is InChI=1S/C16H21NO5/c1-10(2)22-15-12-8-11(20-4)6-7-13(12)17(9-19-3)14(15)16(18)21-5/h6-8,10H,9H2,1-5H3. The molecule has 0 aliphatic rings. The molecule has 0 bridgehead atoms. The average Bonchev–Trinajstić information content (AvgIpc) is 2.79. The molecule has 1 heterocycles. The first-order valence-corrected chi connectivity index (χ1v) is 6.97. The van der Waals surface area contributed by atoms with Gasteiger partial charge in [0.05, 0.1) is 25.8 Å². The summed E-state index contributed by atoms with van der Waals surface area (Å²) < 4.78 is 23.0. The lowest BCUT2D eigenvalue weighted by Gasteiger charge is -2.12. The number of benzene rings is 1. The molecule has 1 aromatic heterocycles. The van der Waals surface area contributed by atoms with Crippen LogP contribution in [0.3, 0.4) is 0 Å². The van der Waals surface area contributed by atoms with Crippen LogP contribution in [0.4, 0.5) is 0 Å². The molecule has 120 valence electrons. The van der Waals surface area contributed by atoms with Crippen LogP contribution in [-0.2, 0) is 16.2 Å². The summed E-state index contributed by atoms with van der Waals surface area (Å²) in [6.07, 6.45) is -0.0868. The van der Waals surface area contributed by atoms with Gasteiger partial charge in [-0.3, -0.25) is 0 Å². The number of rotatable bonds is 6. The number of methoxy groups -OCH3 is 3. The highest BCUT2D eigenvalue weighted by atomic mass is 16.5. The van der Waals surface area contributed by atoms with E-state index in [1.165, 1.54) is 7.11 Å². The van der Waals surface area contributed by atoms with Crippen LogP contribution < -0.4 is 9.47 Å². The van der Waals surface area contributed by atoms with E-state index in [1.807, 2.05) is 32.0 Å². The van der Waals surface area contributed by atoms with Crippen molar-refractivity contribution in [1.82, 2.24) is 4.57 Å². The van der Waals surface area contributed by atoms with E-state index in [-0.39, 0.29) is 12.8 Å². The van der Waals surface area contributed by atoms with Crippen molar-refractivity contribution in [3.8, 4) is 11.5 Å². The maximum Gasteiger partial charge on any atom is 0.358 e. The first kappa shape index (κ1) is 16.2. The predicted octanol–water partition coefficient (Wildman–Crippen LogP) is 2.83. The van der Waals surface area contributed by atoms with Crippen molar-refractivity contribution in [2.45, 2.75) is 26.7 Å². The van der Waals surface area contributed by atoms with E-state index in [0.29, 0.717) is 17.2 Å². The molecule has 6 nitrogen and oxygen atoms in total. The zero-order valence-electron chi connectivity index (χ0n) is 13.5. The molecular weight excluding hydrogens is 286 g/mol. The number of aromatic nitrogens is 1. The van der Waals surface area contributed by atoms with E-state index in [4.69, 9.17) is 18.9 Å². The second kappa shape index (κ2) is 6.70. The molecule has 0 atom stereocenters. The molecule has 0 N–H and O–H groups in total. The summed E-state index contributed by atoms with van der Waals surface area (Å²) in [6.45, 7) is 4.02. The Kier molecular flexibility index (Phi) is 4.92. The fourth-order valence-corrected chi connectivity index (χ4v) is 2.35. The molecule has 6 heteroatoms. The van der Waals surface area contributed by atoms with E-state index in [9.17, 15) is 4.79 Å². The monoisotopic (exact) mass is 307 g/mol. The smallest absolute Gasteiger partial charge is 0.358 e. The Labute approximate surface area is 129 Å². The van der Waals surface area contributed by atoms with E-state index in [2.05, 4.69) is 0 Å². The molecule has 0 saturated carbocycles. The van der Waals surface area contributed by atoms with Crippen molar-refractivity contribution in [1.29, 1.82) is 0 Å². The van der Waals surface area contributed by atoms with Crippen LogP contribution in [0.15, 0.2) is 18.2 Å². The van der Waals surface area contributed by atoms with Crippen molar-refractivity contribution in [2.24, 2.45) is 0 Å². The maximum absolute atomic E-state index is 12.2. The van der Waals surface area contributed by atoms with Gasteiger partial charge >= 0.3 is 5.97 Å². The molecule has 22 heavy (non-hydrogen) atoms. The Morgan fingerprint density at radius 3 is 2.50 bits per heavy atom. The van der Waals surface area contributed by atoms with Crippen molar-refractivity contribution in [3.63, 3.8) is 0 Å². The summed E-state index contributed by atoms with van der Waals surface area (Å²) in [5, 5.41) is 0.783. The third kappa shape index (κ3) is 2.87. The van der Waals surface area contributed by atoms with Crippen molar-refractivity contribution < 1.29 is 23.7 Å². The minimum atomic E-state index is -0.470. The van der Waals surface area contributed by atoms with Crippen LogP contribution in [0.5, 0.6) is 11.5 Å². The normalized spacial score (nSPS) is 11.0. The van der Waals surface area contributed by atoms with Gasteiger partial charge in [-0.1, -0.05) is 0 Å². The summed E-state index contributed by atoms with van der Waals surface area (Å²) in [7, 11) is 4.51. The molecular formula is C16H21NO5. The molecule has 0 unspecified atom stereocenters. The number of esters is 1. The van der Waals surface area contributed by atoms with Gasteiger partial charge in [-0.25, -0.2) is 4.79 Å². The average molecular weight is 307 g/mol. The van der Waals surface area contributed by atoms with Crippen molar-refractivity contribution in [3.05, 3.63) is 23.9 Å². The molecule has 0 spiro atoms. The minimum absolute atomic E-state index is 0.0868. The zero-order valence-corrected chi connectivity index (χ0v) is 13.5. The third-order valence-corrected chi connectivity index (χ3v) is 3.21. The number of hydrogen-bond acceptors (Lipinski definition) is 5. The maximum atomic E-state index is 12.2. The van der Waals surface area contributed by atoms with Crippen LogP contribution in [-0.4, -0.2) is 38.0 Å². The third-order valence-electron chi connectivity index (χ3n) is 3.21. The fraction of sp³-hybridized carbons (Fsp3) is 0.438. The molecule has 2 aromatic rings. The topological polar surface area (TPSA) is 58.9 Å². The van der Waals surface area contributed by atoms with Crippen LogP contribution in [0.1, 0.15) is 24.3 Å². The molecule has 0 amide bonds. The number of carbonyl (C=O) groups is 1.